The summed E-state index contributed by atoms with van der Waals surface area (Å²) in [4.78, 5) is 17.2. The minimum atomic E-state index is -0.911. The second-order valence-corrected chi connectivity index (χ2v) is 8.36. The summed E-state index contributed by atoms with van der Waals surface area (Å²) in [5.41, 5.74) is 2.89. The van der Waals surface area contributed by atoms with Gasteiger partial charge in [0.25, 0.3) is 0 Å². The van der Waals surface area contributed by atoms with Crippen molar-refractivity contribution in [3.63, 3.8) is 0 Å². The summed E-state index contributed by atoms with van der Waals surface area (Å²) < 4.78 is 0. The van der Waals surface area contributed by atoms with E-state index >= 15 is 0 Å². The summed E-state index contributed by atoms with van der Waals surface area (Å²) in [7, 11) is 0. The maximum Gasteiger partial charge on any atom is 0.234 e. The van der Waals surface area contributed by atoms with Crippen molar-refractivity contribution in [2.75, 3.05) is 0 Å². The molecule has 0 fully saturated rings. The molecular formula is C19H24N4OS. The molecule has 132 valence electrons. The predicted molar refractivity (Wildman–Crippen MR) is 98.0 cm³/mol. The van der Waals surface area contributed by atoms with Crippen molar-refractivity contribution in [3.05, 3.63) is 22.4 Å². The molecule has 1 heterocycles. The van der Waals surface area contributed by atoms with Crippen LogP contribution >= 0.6 is 11.8 Å². The Hall–Kier alpha value is -2.05. The van der Waals surface area contributed by atoms with Gasteiger partial charge in [-0.2, -0.15) is 10.5 Å². The Balaban J connectivity index is 2.23. The third-order valence-electron chi connectivity index (χ3n) is 5.01. The minimum absolute atomic E-state index is 0.00585. The highest BCUT2D eigenvalue weighted by molar-refractivity contribution is 8.00. The van der Waals surface area contributed by atoms with Gasteiger partial charge in [-0.3, -0.25) is 4.79 Å². The molecular weight excluding hydrogens is 332 g/mol. The molecule has 1 aromatic rings. The fraction of sp³-hybridized carbons (Fsp3) is 0.579. The van der Waals surface area contributed by atoms with E-state index in [1.807, 2.05) is 20.8 Å². The number of amides is 1. The Morgan fingerprint density at radius 2 is 2.00 bits per heavy atom. The number of carbonyl (C=O) groups excluding carboxylic acids is 1. The molecule has 2 atom stereocenters. The van der Waals surface area contributed by atoms with Crippen LogP contribution in [0.5, 0.6) is 0 Å². The van der Waals surface area contributed by atoms with Crippen LogP contribution in [0, 0.1) is 35.5 Å². The molecule has 0 bridgehead atoms. The number of rotatable bonds is 5. The maximum absolute atomic E-state index is 12.6. The molecule has 0 spiro atoms. The van der Waals surface area contributed by atoms with Crippen LogP contribution in [0.3, 0.4) is 0 Å². The van der Waals surface area contributed by atoms with Gasteiger partial charge in [-0.1, -0.05) is 25.6 Å². The molecule has 0 radical (unpaired) electrons. The van der Waals surface area contributed by atoms with Crippen LogP contribution in [0.4, 0.5) is 0 Å². The minimum Gasteiger partial charge on any atom is -0.337 e. The molecule has 0 aromatic carbocycles. The van der Waals surface area contributed by atoms with E-state index in [1.54, 1.807) is 13.8 Å². The Morgan fingerprint density at radius 3 is 2.56 bits per heavy atom. The van der Waals surface area contributed by atoms with Crippen LogP contribution in [0.25, 0.3) is 0 Å². The lowest BCUT2D eigenvalue weighted by atomic mass is 9.90. The quantitative estimate of drug-likeness (QED) is 0.818. The number of pyridine rings is 1. The third kappa shape index (κ3) is 3.80. The van der Waals surface area contributed by atoms with Gasteiger partial charge in [-0.25, -0.2) is 4.98 Å². The molecule has 0 unspecified atom stereocenters. The summed E-state index contributed by atoms with van der Waals surface area (Å²) in [5, 5.41) is 21.9. The third-order valence-corrected chi connectivity index (χ3v) is 6.09. The lowest BCUT2D eigenvalue weighted by molar-refractivity contribution is -0.121. The van der Waals surface area contributed by atoms with Crippen molar-refractivity contribution in [3.8, 4) is 12.1 Å². The average molecular weight is 356 g/mol. The number of hydrogen-bond acceptors (Lipinski definition) is 5. The van der Waals surface area contributed by atoms with Crippen LogP contribution in [0.15, 0.2) is 5.03 Å². The number of nitrogens with zero attached hydrogens (tertiary/aromatic N) is 3. The first-order chi connectivity index (χ1) is 11.7. The lowest BCUT2D eigenvalue weighted by Crippen LogP contribution is -2.51. The smallest absolute Gasteiger partial charge is 0.234 e. The summed E-state index contributed by atoms with van der Waals surface area (Å²) in [6.07, 6.45) is 2.96. The Morgan fingerprint density at radius 1 is 1.32 bits per heavy atom. The van der Waals surface area contributed by atoms with E-state index in [2.05, 4.69) is 22.4 Å². The highest BCUT2D eigenvalue weighted by atomic mass is 32.2. The van der Waals surface area contributed by atoms with Gasteiger partial charge in [-0.05, 0) is 57.1 Å². The molecule has 5 nitrogen and oxygen atoms in total. The molecule has 1 amide bonds. The topological polar surface area (TPSA) is 89.6 Å². The number of aryl methyl sites for hydroxylation is 1. The number of aromatic nitrogens is 1. The lowest BCUT2D eigenvalue weighted by Gasteiger charge is -2.28. The van der Waals surface area contributed by atoms with Crippen molar-refractivity contribution in [2.24, 2.45) is 5.92 Å². The van der Waals surface area contributed by atoms with Crippen molar-refractivity contribution in [2.45, 2.75) is 69.7 Å². The van der Waals surface area contributed by atoms with E-state index in [4.69, 9.17) is 0 Å². The second kappa shape index (κ2) is 7.45. The van der Waals surface area contributed by atoms with E-state index in [1.165, 1.54) is 17.3 Å². The summed E-state index contributed by atoms with van der Waals surface area (Å²) >= 11 is 1.29. The molecule has 25 heavy (non-hydrogen) atoms. The first-order valence-corrected chi connectivity index (χ1v) is 9.43. The van der Waals surface area contributed by atoms with E-state index in [9.17, 15) is 15.3 Å². The van der Waals surface area contributed by atoms with E-state index < -0.39 is 10.8 Å². The number of nitrogens with one attached hydrogen (secondary N) is 1. The fourth-order valence-electron chi connectivity index (χ4n) is 2.84. The molecule has 0 saturated carbocycles. The zero-order valence-electron chi connectivity index (χ0n) is 15.4. The first-order valence-electron chi connectivity index (χ1n) is 8.55. The molecule has 1 aliphatic carbocycles. The van der Waals surface area contributed by atoms with Gasteiger partial charge in [0, 0.05) is 5.69 Å². The second-order valence-electron chi connectivity index (χ2n) is 7.03. The van der Waals surface area contributed by atoms with Gasteiger partial charge in [0.15, 0.2) is 0 Å². The van der Waals surface area contributed by atoms with Gasteiger partial charge in [0.2, 0.25) is 5.91 Å². The number of nitriles is 2. The highest BCUT2D eigenvalue weighted by Crippen LogP contribution is 2.33. The Bertz CT molecular complexity index is 775. The van der Waals surface area contributed by atoms with Crippen molar-refractivity contribution >= 4 is 17.7 Å². The maximum atomic E-state index is 12.6. The number of thioether (sulfide) groups is 1. The summed E-state index contributed by atoms with van der Waals surface area (Å²) in [6, 6.07) is 4.43. The molecule has 1 N–H and O–H groups in total. The van der Waals surface area contributed by atoms with E-state index in [0.29, 0.717) is 10.6 Å². The van der Waals surface area contributed by atoms with Crippen LogP contribution in [0.1, 0.15) is 56.5 Å². The van der Waals surface area contributed by atoms with E-state index in [-0.39, 0.29) is 11.8 Å². The largest absolute Gasteiger partial charge is 0.337 e. The Labute approximate surface area is 153 Å². The molecule has 1 aromatic heterocycles. The predicted octanol–water partition coefficient (Wildman–Crippen LogP) is 3.29. The van der Waals surface area contributed by atoms with Crippen LogP contribution in [-0.4, -0.2) is 21.7 Å². The van der Waals surface area contributed by atoms with Gasteiger partial charge in [0.05, 0.1) is 16.9 Å². The highest BCUT2D eigenvalue weighted by Gasteiger charge is 2.32. The molecule has 6 heteroatoms. The molecule has 0 aliphatic heterocycles. The Kier molecular flexibility index (Phi) is 5.75. The van der Waals surface area contributed by atoms with Crippen molar-refractivity contribution in [1.82, 2.24) is 10.3 Å². The van der Waals surface area contributed by atoms with Gasteiger partial charge < -0.3 is 5.32 Å². The van der Waals surface area contributed by atoms with Crippen LogP contribution < -0.4 is 5.32 Å². The van der Waals surface area contributed by atoms with Crippen LogP contribution in [0.2, 0.25) is 0 Å². The van der Waals surface area contributed by atoms with E-state index in [0.717, 1.165) is 30.5 Å². The SMILES string of the molecule is Cc1c(C#N)c(S[C@H](C)C(=O)N[C@@](C)(C#N)C(C)C)nc2c1CCC2. The van der Waals surface area contributed by atoms with Crippen LogP contribution in [-0.2, 0) is 17.6 Å². The van der Waals surface area contributed by atoms with Crippen molar-refractivity contribution < 1.29 is 4.79 Å². The van der Waals surface area contributed by atoms with Gasteiger partial charge >= 0.3 is 0 Å². The zero-order valence-corrected chi connectivity index (χ0v) is 16.3. The number of carbonyl (C=O) groups is 1. The average Bonchev–Trinajstić information content (AvgIpc) is 3.03. The normalized spacial score (nSPS) is 16.5. The zero-order chi connectivity index (χ0) is 18.8. The summed E-state index contributed by atoms with van der Waals surface area (Å²) in [6.45, 7) is 9.28. The number of hydrogen-bond donors (Lipinski definition) is 1. The molecule has 2 rings (SSSR count). The van der Waals surface area contributed by atoms with Gasteiger partial charge in [-0.15, -0.1) is 0 Å². The van der Waals surface area contributed by atoms with Crippen molar-refractivity contribution in [1.29, 1.82) is 10.5 Å². The number of fused-ring (bicyclic) bond motifs is 1. The molecule has 1 aliphatic rings. The molecule has 0 saturated heterocycles. The monoisotopic (exact) mass is 356 g/mol. The fourth-order valence-corrected chi connectivity index (χ4v) is 3.82. The standard InChI is InChI=1S/C19H24N4OS/c1-11(2)19(5,10-21)23-17(24)13(4)25-18-15(9-20)12(3)14-7-6-8-16(14)22-18/h11,13H,6-8H2,1-5H3,(H,23,24)/t13-,19+/m1/s1. The summed E-state index contributed by atoms with van der Waals surface area (Å²) in [5.74, 6) is -0.222. The first kappa shape index (κ1) is 19.3. The van der Waals surface area contributed by atoms with Gasteiger partial charge in [0.1, 0.15) is 16.6 Å².